The van der Waals surface area contributed by atoms with Gasteiger partial charge in [-0.25, -0.2) is 14.4 Å². The molecule has 5 heteroatoms. The van der Waals surface area contributed by atoms with Crippen LogP contribution in [-0.4, -0.2) is 28.1 Å². The third-order valence-electron chi connectivity index (χ3n) is 3.61. The molecule has 0 aromatic heterocycles. The summed E-state index contributed by atoms with van der Waals surface area (Å²) < 4.78 is 0. The van der Waals surface area contributed by atoms with Crippen LogP contribution in [0.15, 0.2) is 28.9 Å². The molecule has 0 aromatic rings. The predicted molar refractivity (Wildman–Crippen MR) is 68.2 cm³/mol. The van der Waals surface area contributed by atoms with Gasteiger partial charge in [-0.2, -0.15) is 0 Å². The van der Waals surface area contributed by atoms with Crippen molar-refractivity contribution >= 4 is 17.9 Å². The van der Waals surface area contributed by atoms with Gasteiger partial charge < -0.3 is 10.2 Å². The highest BCUT2D eigenvalue weighted by Gasteiger charge is 2.41. The monoisotopic (exact) mass is 264 g/mol. The lowest BCUT2D eigenvalue weighted by Gasteiger charge is -2.40. The van der Waals surface area contributed by atoms with Gasteiger partial charge >= 0.3 is 11.9 Å². The Morgan fingerprint density at radius 3 is 1.68 bits per heavy atom. The summed E-state index contributed by atoms with van der Waals surface area (Å²) in [5.74, 6) is -1.24. The zero-order valence-corrected chi connectivity index (χ0v) is 11.3. The molecule has 5 nitrogen and oxygen atoms in total. The van der Waals surface area contributed by atoms with Gasteiger partial charge in [0.15, 0.2) is 0 Å². The molecule has 102 valence electrons. The van der Waals surface area contributed by atoms with Crippen molar-refractivity contribution < 1.29 is 24.6 Å². The molecule has 1 aliphatic rings. The van der Waals surface area contributed by atoms with Crippen LogP contribution < -0.4 is 0 Å². The third kappa shape index (κ3) is 2.51. The Hall–Kier alpha value is -2.13. The number of rotatable bonds is 2. The van der Waals surface area contributed by atoms with Crippen molar-refractivity contribution in [3.05, 3.63) is 28.9 Å². The van der Waals surface area contributed by atoms with E-state index in [1.165, 1.54) is 18.1 Å². The van der Waals surface area contributed by atoms with Crippen molar-refractivity contribution in [1.82, 2.24) is 0 Å². The normalized spacial score (nSPS) is 23.3. The van der Waals surface area contributed by atoms with E-state index in [-0.39, 0.29) is 11.1 Å². The summed E-state index contributed by atoms with van der Waals surface area (Å²) in [6.07, 6.45) is 2.84. The molecule has 0 aliphatic heterocycles. The molecule has 0 saturated heterocycles. The number of carboxylic acid groups (broad SMARTS) is 2. The second-order valence-corrected chi connectivity index (χ2v) is 5.74. The van der Waals surface area contributed by atoms with Gasteiger partial charge in [0.05, 0.1) is 16.7 Å². The van der Waals surface area contributed by atoms with Gasteiger partial charge in [-0.1, -0.05) is 39.8 Å². The van der Waals surface area contributed by atoms with E-state index in [0.29, 0.717) is 0 Å². The van der Waals surface area contributed by atoms with E-state index >= 15 is 0 Å². The van der Waals surface area contributed by atoms with Crippen molar-refractivity contribution in [1.29, 1.82) is 0 Å². The molecule has 0 atom stereocenters. The number of carboxylic acids is 2. The summed E-state index contributed by atoms with van der Waals surface area (Å²) in [5.41, 5.74) is -2.22. The van der Waals surface area contributed by atoms with Crippen LogP contribution in [0.25, 0.3) is 0 Å². The predicted octanol–water partition coefficient (Wildman–Crippen LogP) is 1.83. The first-order chi connectivity index (χ1) is 8.53. The van der Waals surface area contributed by atoms with Crippen LogP contribution in [0.5, 0.6) is 0 Å². The number of carbonyl (C=O) groups is 2. The fourth-order valence-electron chi connectivity index (χ4n) is 1.81. The molecule has 0 radical (unpaired) electrons. The largest absolute Gasteiger partial charge is 0.478 e. The van der Waals surface area contributed by atoms with Gasteiger partial charge in [-0.05, 0) is 5.41 Å². The molecule has 0 spiro atoms. The lowest BCUT2D eigenvalue weighted by molar-refractivity contribution is -0.132. The topological polar surface area (TPSA) is 91.7 Å². The molecule has 1 rings (SSSR count). The Bertz CT molecular complexity index is 517. The van der Waals surface area contributed by atoms with Crippen LogP contribution >= 0.6 is 0 Å². The minimum atomic E-state index is -1.33. The van der Waals surface area contributed by atoms with E-state index in [1.807, 2.05) is 20.8 Å². The van der Waals surface area contributed by atoms with Crippen molar-refractivity contribution in [2.24, 2.45) is 10.8 Å². The zero-order chi connectivity index (χ0) is 15.0. The van der Waals surface area contributed by atoms with Gasteiger partial charge in [0.2, 0.25) is 0 Å². The minimum absolute atomic E-state index is 0.313. The van der Waals surface area contributed by atoms with Crippen molar-refractivity contribution in [2.75, 3.05) is 0 Å². The average Bonchev–Trinajstić information content (AvgIpc) is 2.26. The molecule has 0 bridgehead atoms. The Morgan fingerprint density at radius 2 is 1.47 bits per heavy atom. The first kappa shape index (κ1) is 14.9. The first-order valence-corrected chi connectivity index (χ1v) is 5.71. The maximum atomic E-state index is 11.2. The van der Waals surface area contributed by atoms with Gasteiger partial charge in [-0.15, -0.1) is 0 Å². The number of hydrogen-bond donors (Lipinski definition) is 2. The van der Waals surface area contributed by atoms with E-state index in [4.69, 9.17) is 10.2 Å². The number of hydrogen-bond acceptors (Lipinski definition) is 3. The summed E-state index contributed by atoms with van der Waals surface area (Å²) >= 11 is 0. The van der Waals surface area contributed by atoms with Crippen molar-refractivity contribution in [3.8, 4) is 0 Å². The summed E-state index contributed by atoms with van der Waals surface area (Å²) in [5, 5.41) is 18.3. The minimum Gasteiger partial charge on any atom is -0.478 e. The fourth-order valence-corrected chi connectivity index (χ4v) is 1.81. The molecule has 0 aromatic carbocycles. The van der Waals surface area contributed by atoms with Crippen LogP contribution in [-0.2, 0) is 14.4 Å². The van der Waals surface area contributed by atoms with Gasteiger partial charge in [0, 0.05) is 5.41 Å². The zero-order valence-electron chi connectivity index (χ0n) is 11.3. The van der Waals surface area contributed by atoms with Crippen molar-refractivity contribution in [3.63, 3.8) is 0 Å². The van der Waals surface area contributed by atoms with Gasteiger partial charge in [0.25, 0.3) is 0 Å². The standard InChI is InChI=1S/C14H16O5/c1-13(2,3)14(4)5-8(11(16)17)10(7-15)9(6-14)12(18)19/h5-6H,1-4H3,(H,16,17)(H,18,19). The van der Waals surface area contributed by atoms with E-state index in [9.17, 15) is 14.4 Å². The lowest BCUT2D eigenvalue weighted by atomic mass is 9.63. The molecule has 19 heavy (non-hydrogen) atoms. The highest BCUT2D eigenvalue weighted by Crippen LogP contribution is 2.46. The van der Waals surface area contributed by atoms with Gasteiger partial charge in [0.1, 0.15) is 5.94 Å². The quantitative estimate of drug-likeness (QED) is 0.742. The second-order valence-electron chi connectivity index (χ2n) is 5.74. The fraction of sp³-hybridized carbons (Fsp3) is 0.429. The second kappa shape index (κ2) is 4.52. The van der Waals surface area contributed by atoms with E-state index < -0.39 is 28.3 Å². The van der Waals surface area contributed by atoms with Crippen LogP contribution in [0.3, 0.4) is 0 Å². The molecule has 0 heterocycles. The maximum Gasteiger partial charge on any atom is 0.336 e. The first-order valence-electron chi connectivity index (χ1n) is 5.71. The number of allylic oxidation sites excluding steroid dienone is 2. The molecule has 2 N–H and O–H groups in total. The average molecular weight is 264 g/mol. The Kier molecular flexibility index (Phi) is 3.55. The summed E-state index contributed by atoms with van der Waals surface area (Å²) in [4.78, 5) is 33.3. The molecule has 0 amide bonds. The summed E-state index contributed by atoms with van der Waals surface area (Å²) in [6.45, 7) is 7.35. The van der Waals surface area contributed by atoms with Crippen LogP contribution in [0.2, 0.25) is 0 Å². The Morgan fingerprint density at radius 1 is 1.11 bits per heavy atom. The van der Waals surface area contributed by atoms with E-state index in [2.05, 4.69) is 0 Å². The lowest BCUT2D eigenvalue weighted by Crippen LogP contribution is -2.34. The molecular weight excluding hydrogens is 248 g/mol. The van der Waals surface area contributed by atoms with Crippen LogP contribution in [0, 0.1) is 10.8 Å². The molecular formula is C14H16O5. The molecule has 1 aliphatic carbocycles. The van der Waals surface area contributed by atoms with E-state index in [1.54, 1.807) is 6.92 Å². The highest BCUT2D eigenvalue weighted by atomic mass is 16.4. The summed E-state index contributed by atoms with van der Waals surface area (Å²) in [7, 11) is 0. The number of carbonyl (C=O) groups excluding carboxylic acids is 1. The summed E-state index contributed by atoms with van der Waals surface area (Å²) in [6, 6.07) is 0. The Labute approximate surface area is 110 Å². The highest BCUT2D eigenvalue weighted by molar-refractivity contribution is 6.06. The van der Waals surface area contributed by atoms with Crippen LogP contribution in [0.1, 0.15) is 27.7 Å². The van der Waals surface area contributed by atoms with Gasteiger partial charge in [-0.3, -0.25) is 0 Å². The molecule has 0 unspecified atom stereocenters. The smallest absolute Gasteiger partial charge is 0.336 e. The molecule has 0 fully saturated rings. The number of aliphatic carboxylic acids is 2. The van der Waals surface area contributed by atoms with Crippen molar-refractivity contribution in [2.45, 2.75) is 27.7 Å². The third-order valence-corrected chi connectivity index (χ3v) is 3.61. The maximum absolute atomic E-state index is 11.2. The molecule has 0 saturated carbocycles. The Balaban J connectivity index is 3.64. The van der Waals surface area contributed by atoms with Crippen LogP contribution in [0.4, 0.5) is 0 Å². The van der Waals surface area contributed by atoms with E-state index in [0.717, 1.165) is 0 Å². The SMILES string of the molecule is CC(C)(C)C1(C)C=C(C(=O)O)C(=C=O)C(C(=O)O)=C1.